The Kier molecular flexibility index (Phi) is 9.19. The number of benzene rings is 1. The Labute approximate surface area is 194 Å². The summed E-state index contributed by atoms with van der Waals surface area (Å²) in [6.45, 7) is 9.46. The molecule has 1 fully saturated rings. The van der Waals surface area contributed by atoms with Gasteiger partial charge in [0.1, 0.15) is 0 Å². The second-order valence-electron chi connectivity index (χ2n) is 7.46. The van der Waals surface area contributed by atoms with Crippen molar-refractivity contribution >= 4 is 41.5 Å². The van der Waals surface area contributed by atoms with Crippen LogP contribution in [0.3, 0.4) is 0 Å². The first kappa shape index (κ1) is 23.9. The van der Waals surface area contributed by atoms with Gasteiger partial charge in [-0.15, -0.1) is 24.0 Å². The van der Waals surface area contributed by atoms with Gasteiger partial charge in [0, 0.05) is 55.5 Å². The molecular weight excluding hydrogens is 503 g/mol. The molecule has 1 aromatic heterocycles. The number of aromatic nitrogens is 2. The molecule has 0 atom stereocenters. The summed E-state index contributed by atoms with van der Waals surface area (Å²) in [6, 6.07) is 7.61. The maximum absolute atomic E-state index is 5.95. The number of guanidine groups is 1. The van der Waals surface area contributed by atoms with E-state index in [1.54, 1.807) is 7.05 Å². The summed E-state index contributed by atoms with van der Waals surface area (Å²) in [5.74, 6) is 0.778. The van der Waals surface area contributed by atoms with E-state index in [1.165, 1.54) is 0 Å². The normalized spacial score (nSPS) is 15.7. The molecule has 160 valence electrons. The number of aliphatic imine (C=N–C) groups is 1. The number of nitrogens with zero attached hydrogens (tertiary/aromatic N) is 4. The van der Waals surface area contributed by atoms with Gasteiger partial charge in [-0.25, -0.2) is 4.68 Å². The average molecular weight is 533 g/mol. The van der Waals surface area contributed by atoms with Crippen LogP contribution in [-0.4, -0.2) is 66.1 Å². The molecule has 0 spiro atoms. The topological polar surface area (TPSA) is 66.7 Å². The lowest BCUT2D eigenvalue weighted by atomic mass is 10.0. The van der Waals surface area contributed by atoms with Crippen molar-refractivity contribution in [1.29, 1.82) is 0 Å². The van der Waals surface area contributed by atoms with E-state index in [0.29, 0.717) is 11.6 Å². The van der Waals surface area contributed by atoms with Crippen LogP contribution >= 0.6 is 35.6 Å². The van der Waals surface area contributed by atoms with E-state index >= 15 is 0 Å². The maximum atomic E-state index is 5.95. The third-order valence-corrected chi connectivity index (χ3v) is 5.22. The molecule has 3 rings (SSSR count). The summed E-state index contributed by atoms with van der Waals surface area (Å²) in [6.07, 6.45) is 3.85. The van der Waals surface area contributed by atoms with E-state index in [-0.39, 0.29) is 29.5 Å². The number of hydrogen-bond donors (Lipinski definition) is 2. The predicted octanol–water partition coefficient (Wildman–Crippen LogP) is 2.92. The van der Waals surface area contributed by atoms with Crippen molar-refractivity contribution in [2.75, 3.05) is 39.9 Å². The Morgan fingerprint density at radius 2 is 1.90 bits per heavy atom. The second kappa shape index (κ2) is 11.1. The summed E-state index contributed by atoms with van der Waals surface area (Å²) >= 11 is 5.95. The van der Waals surface area contributed by atoms with Crippen LogP contribution in [-0.2, 0) is 11.3 Å². The Morgan fingerprint density at radius 1 is 1.21 bits per heavy atom. The minimum atomic E-state index is 0. The van der Waals surface area contributed by atoms with E-state index in [1.807, 2.05) is 41.3 Å². The van der Waals surface area contributed by atoms with E-state index in [0.717, 1.165) is 50.1 Å². The highest BCUT2D eigenvalue weighted by Gasteiger charge is 2.28. The fourth-order valence-corrected chi connectivity index (χ4v) is 3.30. The molecule has 1 aliphatic heterocycles. The second-order valence-corrected chi connectivity index (χ2v) is 7.90. The molecule has 0 amide bonds. The third-order valence-electron chi connectivity index (χ3n) is 4.97. The number of nitrogens with one attached hydrogen (secondary N) is 2. The van der Waals surface area contributed by atoms with Crippen molar-refractivity contribution in [1.82, 2.24) is 25.3 Å². The molecule has 2 N–H and O–H groups in total. The van der Waals surface area contributed by atoms with Gasteiger partial charge in [-0.05, 0) is 38.1 Å². The highest BCUT2D eigenvalue weighted by Crippen LogP contribution is 2.15. The van der Waals surface area contributed by atoms with E-state index < -0.39 is 0 Å². The van der Waals surface area contributed by atoms with E-state index in [2.05, 4.69) is 39.5 Å². The molecule has 29 heavy (non-hydrogen) atoms. The summed E-state index contributed by atoms with van der Waals surface area (Å²) in [7, 11) is 1.79. The molecule has 9 heteroatoms. The molecule has 1 aromatic carbocycles. The highest BCUT2D eigenvalue weighted by molar-refractivity contribution is 14.0. The van der Waals surface area contributed by atoms with Crippen LogP contribution < -0.4 is 10.6 Å². The quantitative estimate of drug-likeness (QED) is 0.340. The highest BCUT2D eigenvalue weighted by atomic mass is 127. The van der Waals surface area contributed by atoms with Crippen LogP contribution in [0.1, 0.15) is 19.4 Å². The number of rotatable bonds is 6. The fraction of sp³-hybridized carbons (Fsp3) is 0.500. The standard InChI is InChI=1S/C20H29ClN6O.HI/c1-20(2,26-8-10-28-11-9-26)15-24-19(22-3)23-12-16-13-25-27(14-16)18-6-4-17(21)5-7-18;/h4-7,13-14H,8-12,15H2,1-3H3,(H2,22,23,24);1H. The van der Waals surface area contributed by atoms with Crippen molar-refractivity contribution in [3.8, 4) is 5.69 Å². The first-order chi connectivity index (χ1) is 13.5. The monoisotopic (exact) mass is 532 g/mol. The lowest BCUT2D eigenvalue weighted by Gasteiger charge is -2.41. The van der Waals surface area contributed by atoms with Gasteiger partial charge >= 0.3 is 0 Å². The average Bonchev–Trinajstić information content (AvgIpc) is 3.18. The van der Waals surface area contributed by atoms with Crippen molar-refractivity contribution in [2.45, 2.75) is 25.9 Å². The fourth-order valence-electron chi connectivity index (χ4n) is 3.17. The number of morpholine rings is 1. The van der Waals surface area contributed by atoms with Gasteiger partial charge in [0.05, 0.1) is 25.1 Å². The Morgan fingerprint density at radius 3 is 2.55 bits per heavy atom. The van der Waals surface area contributed by atoms with Crippen LogP contribution in [0.2, 0.25) is 5.02 Å². The van der Waals surface area contributed by atoms with Crippen molar-refractivity contribution in [3.63, 3.8) is 0 Å². The largest absolute Gasteiger partial charge is 0.379 e. The molecule has 2 aromatic rings. The van der Waals surface area contributed by atoms with Gasteiger partial charge < -0.3 is 15.4 Å². The minimum Gasteiger partial charge on any atom is -0.379 e. The minimum absolute atomic E-state index is 0. The van der Waals surface area contributed by atoms with Gasteiger partial charge in [-0.2, -0.15) is 5.10 Å². The van der Waals surface area contributed by atoms with Crippen LogP contribution in [0.4, 0.5) is 0 Å². The molecule has 1 saturated heterocycles. The summed E-state index contributed by atoms with van der Waals surface area (Å²) in [4.78, 5) is 6.79. The van der Waals surface area contributed by atoms with Crippen molar-refractivity contribution in [3.05, 3.63) is 47.2 Å². The zero-order valence-corrected chi connectivity index (χ0v) is 20.3. The predicted molar refractivity (Wildman–Crippen MR) is 129 cm³/mol. The smallest absolute Gasteiger partial charge is 0.191 e. The molecule has 7 nitrogen and oxygen atoms in total. The van der Waals surface area contributed by atoms with Gasteiger partial charge in [0.15, 0.2) is 5.96 Å². The van der Waals surface area contributed by atoms with Crippen LogP contribution in [0.25, 0.3) is 5.69 Å². The number of ether oxygens (including phenoxy) is 1. The zero-order chi connectivity index (χ0) is 20.0. The molecule has 0 aliphatic carbocycles. The first-order valence-electron chi connectivity index (χ1n) is 9.55. The van der Waals surface area contributed by atoms with Crippen molar-refractivity contribution < 1.29 is 4.74 Å². The van der Waals surface area contributed by atoms with E-state index in [4.69, 9.17) is 16.3 Å². The Balaban J connectivity index is 0.00000300. The van der Waals surface area contributed by atoms with Crippen LogP contribution in [0, 0.1) is 0 Å². The number of halogens is 2. The lowest BCUT2D eigenvalue weighted by molar-refractivity contribution is -0.00834. The van der Waals surface area contributed by atoms with Crippen LogP contribution in [0.15, 0.2) is 41.7 Å². The molecule has 0 unspecified atom stereocenters. The van der Waals surface area contributed by atoms with Crippen LogP contribution in [0.5, 0.6) is 0 Å². The van der Waals surface area contributed by atoms with Gasteiger partial charge in [-0.1, -0.05) is 11.6 Å². The molecule has 1 aliphatic rings. The molecule has 2 heterocycles. The van der Waals surface area contributed by atoms with Gasteiger partial charge in [0.25, 0.3) is 0 Å². The lowest BCUT2D eigenvalue weighted by Crippen LogP contribution is -2.56. The zero-order valence-electron chi connectivity index (χ0n) is 17.2. The van der Waals surface area contributed by atoms with Gasteiger partial charge in [-0.3, -0.25) is 9.89 Å². The van der Waals surface area contributed by atoms with Gasteiger partial charge in [0.2, 0.25) is 0 Å². The molecular formula is C20H30ClIN6O. The summed E-state index contributed by atoms with van der Waals surface area (Å²) in [5, 5.41) is 11.9. The molecule has 0 bridgehead atoms. The summed E-state index contributed by atoms with van der Waals surface area (Å²) < 4.78 is 7.29. The Bertz CT molecular complexity index is 787. The van der Waals surface area contributed by atoms with Crippen molar-refractivity contribution in [2.24, 2.45) is 4.99 Å². The Hall–Kier alpha value is -1.36. The number of hydrogen-bond acceptors (Lipinski definition) is 4. The SMILES string of the molecule is CN=C(NCc1cnn(-c2ccc(Cl)cc2)c1)NCC(C)(C)N1CCOCC1.I. The summed E-state index contributed by atoms with van der Waals surface area (Å²) in [5.41, 5.74) is 2.08. The van der Waals surface area contributed by atoms with E-state index in [9.17, 15) is 0 Å². The first-order valence-corrected chi connectivity index (χ1v) is 9.92. The maximum Gasteiger partial charge on any atom is 0.191 e. The molecule has 0 radical (unpaired) electrons. The molecule has 0 saturated carbocycles. The third kappa shape index (κ3) is 6.84.